The number of nitrogens with one attached hydrogen (secondary N) is 2. The molecule has 0 saturated carbocycles. The molecule has 0 radical (unpaired) electrons. The summed E-state index contributed by atoms with van der Waals surface area (Å²) < 4.78 is 41.5. The van der Waals surface area contributed by atoms with Crippen LogP contribution in [0, 0.1) is 12.7 Å². The van der Waals surface area contributed by atoms with Gasteiger partial charge in [-0.3, -0.25) is 0 Å². The van der Waals surface area contributed by atoms with Gasteiger partial charge in [-0.15, -0.1) is 0 Å². The first-order valence-corrected chi connectivity index (χ1v) is 7.19. The number of halogens is 3. The molecule has 2 aromatic carbocycles. The van der Waals surface area contributed by atoms with Crippen molar-refractivity contribution in [1.82, 2.24) is 5.32 Å². The van der Waals surface area contributed by atoms with Gasteiger partial charge in [0.2, 0.25) is 0 Å². The molecule has 0 fully saturated rings. The Labute approximate surface area is 137 Å². The third-order valence-electron chi connectivity index (χ3n) is 3.04. The van der Waals surface area contributed by atoms with E-state index >= 15 is 0 Å². The fourth-order valence-electron chi connectivity index (χ4n) is 1.90. The first kappa shape index (κ1) is 17.1. The highest BCUT2D eigenvalue weighted by molar-refractivity contribution is 7.80. The molecule has 0 saturated heterocycles. The lowest BCUT2D eigenvalue weighted by Crippen LogP contribution is -2.28. The van der Waals surface area contributed by atoms with Gasteiger partial charge in [-0.2, -0.15) is 8.78 Å². The van der Waals surface area contributed by atoms with Gasteiger partial charge in [0.1, 0.15) is 11.6 Å². The predicted octanol–water partition coefficient (Wildman–Crippen LogP) is 4.22. The summed E-state index contributed by atoms with van der Waals surface area (Å²) in [5.74, 6) is -0.204. The summed E-state index contributed by atoms with van der Waals surface area (Å²) in [4.78, 5) is 0. The topological polar surface area (TPSA) is 33.3 Å². The van der Waals surface area contributed by atoms with Gasteiger partial charge in [-0.05, 0) is 60.6 Å². The lowest BCUT2D eigenvalue weighted by Gasteiger charge is -2.14. The van der Waals surface area contributed by atoms with Crippen molar-refractivity contribution in [3.8, 4) is 5.75 Å². The van der Waals surface area contributed by atoms with E-state index in [9.17, 15) is 13.2 Å². The third-order valence-corrected chi connectivity index (χ3v) is 3.28. The molecule has 0 amide bonds. The molecular formula is C16H15F3N2OS. The number of hydrogen-bond donors (Lipinski definition) is 2. The molecule has 2 aromatic rings. The largest absolute Gasteiger partial charge is 0.435 e. The van der Waals surface area contributed by atoms with Crippen LogP contribution in [0.5, 0.6) is 5.75 Å². The number of thiocarbonyl (C=S) groups is 1. The van der Waals surface area contributed by atoms with E-state index in [1.165, 1.54) is 24.3 Å². The molecule has 0 aliphatic carbocycles. The smallest absolute Gasteiger partial charge is 0.387 e. The fraction of sp³-hybridized carbons (Fsp3) is 0.188. The number of anilines is 1. The molecule has 2 rings (SSSR count). The number of alkyl halides is 2. The second kappa shape index (κ2) is 7.82. The van der Waals surface area contributed by atoms with Gasteiger partial charge < -0.3 is 15.4 Å². The summed E-state index contributed by atoms with van der Waals surface area (Å²) in [6.07, 6.45) is 0. The summed E-state index contributed by atoms with van der Waals surface area (Å²) in [5, 5.41) is 6.34. The molecule has 0 spiro atoms. The van der Waals surface area contributed by atoms with Crippen LogP contribution in [0.3, 0.4) is 0 Å². The predicted molar refractivity (Wildman–Crippen MR) is 87.3 cm³/mol. The SMILES string of the molecule is Cc1cc(OC(F)F)ccc1NC(=S)NCc1ccc(F)cc1. The first-order chi connectivity index (χ1) is 10.9. The minimum atomic E-state index is -2.85. The lowest BCUT2D eigenvalue weighted by molar-refractivity contribution is -0.0498. The molecule has 2 N–H and O–H groups in total. The maximum Gasteiger partial charge on any atom is 0.387 e. The van der Waals surface area contributed by atoms with E-state index < -0.39 is 6.61 Å². The number of hydrogen-bond acceptors (Lipinski definition) is 2. The van der Waals surface area contributed by atoms with Crippen LogP contribution in [0.4, 0.5) is 18.9 Å². The average Bonchev–Trinajstić information content (AvgIpc) is 2.49. The van der Waals surface area contributed by atoms with Crippen molar-refractivity contribution in [2.24, 2.45) is 0 Å². The third kappa shape index (κ3) is 5.45. The quantitative estimate of drug-likeness (QED) is 0.799. The van der Waals surface area contributed by atoms with Gasteiger partial charge in [0.05, 0.1) is 0 Å². The van der Waals surface area contributed by atoms with Crippen molar-refractivity contribution in [2.45, 2.75) is 20.1 Å². The van der Waals surface area contributed by atoms with Crippen LogP contribution in [-0.2, 0) is 6.54 Å². The highest BCUT2D eigenvalue weighted by Gasteiger charge is 2.07. The Balaban J connectivity index is 1.90. The Morgan fingerprint density at radius 3 is 2.48 bits per heavy atom. The monoisotopic (exact) mass is 340 g/mol. The first-order valence-electron chi connectivity index (χ1n) is 6.79. The molecule has 0 aliphatic rings. The normalized spacial score (nSPS) is 10.5. The van der Waals surface area contributed by atoms with Crippen LogP contribution in [0.15, 0.2) is 42.5 Å². The van der Waals surface area contributed by atoms with Gasteiger partial charge in [-0.1, -0.05) is 12.1 Å². The number of benzene rings is 2. The average molecular weight is 340 g/mol. The molecule has 0 aliphatic heterocycles. The maximum absolute atomic E-state index is 12.8. The van der Waals surface area contributed by atoms with Crippen molar-refractivity contribution in [3.05, 3.63) is 59.4 Å². The van der Waals surface area contributed by atoms with Crippen molar-refractivity contribution < 1.29 is 17.9 Å². The van der Waals surface area contributed by atoms with Crippen molar-refractivity contribution in [2.75, 3.05) is 5.32 Å². The minimum absolute atomic E-state index is 0.0910. The van der Waals surface area contributed by atoms with Gasteiger partial charge in [0, 0.05) is 12.2 Å². The molecule has 7 heteroatoms. The number of aryl methyl sites for hydroxylation is 1. The zero-order chi connectivity index (χ0) is 16.8. The van der Waals surface area contributed by atoms with Crippen LogP contribution in [0.25, 0.3) is 0 Å². The Morgan fingerprint density at radius 1 is 1.17 bits per heavy atom. The second-order valence-electron chi connectivity index (χ2n) is 4.79. The fourth-order valence-corrected chi connectivity index (χ4v) is 2.09. The van der Waals surface area contributed by atoms with Crippen molar-refractivity contribution >= 4 is 23.0 Å². The summed E-state index contributed by atoms with van der Waals surface area (Å²) in [6.45, 7) is -0.660. The van der Waals surface area contributed by atoms with E-state index in [4.69, 9.17) is 12.2 Å². The molecule has 0 unspecified atom stereocenters. The van der Waals surface area contributed by atoms with Crippen molar-refractivity contribution in [3.63, 3.8) is 0 Å². The highest BCUT2D eigenvalue weighted by atomic mass is 32.1. The number of ether oxygens (including phenoxy) is 1. The van der Waals surface area contributed by atoms with Gasteiger partial charge in [-0.25, -0.2) is 4.39 Å². The molecule has 23 heavy (non-hydrogen) atoms. The molecule has 0 bridgehead atoms. The molecule has 3 nitrogen and oxygen atoms in total. The highest BCUT2D eigenvalue weighted by Crippen LogP contribution is 2.22. The summed E-state index contributed by atoms with van der Waals surface area (Å²) >= 11 is 5.18. The summed E-state index contributed by atoms with van der Waals surface area (Å²) in [6, 6.07) is 10.6. The Kier molecular flexibility index (Phi) is 5.81. The molecule has 122 valence electrons. The van der Waals surface area contributed by atoms with Crippen LogP contribution in [-0.4, -0.2) is 11.7 Å². The maximum atomic E-state index is 12.8. The molecule has 0 heterocycles. The molecule has 0 atom stereocenters. The van der Waals surface area contributed by atoms with Gasteiger partial charge in [0.15, 0.2) is 5.11 Å². The van der Waals surface area contributed by atoms with Crippen LogP contribution in [0.2, 0.25) is 0 Å². The Morgan fingerprint density at radius 2 is 1.87 bits per heavy atom. The van der Waals surface area contributed by atoms with Crippen LogP contribution < -0.4 is 15.4 Å². The summed E-state index contributed by atoms with van der Waals surface area (Å²) in [7, 11) is 0. The van der Waals surface area contributed by atoms with E-state index in [1.54, 1.807) is 25.1 Å². The van der Waals surface area contributed by atoms with Crippen molar-refractivity contribution in [1.29, 1.82) is 0 Å². The zero-order valence-electron chi connectivity index (χ0n) is 12.3. The van der Waals surface area contributed by atoms with E-state index in [-0.39, 0.29) is 11.6 Å². The van der Waals surface area contributed by atoms with Gasteiger partial charge >= 0.3 is 6.61 Å². The summed E-state index contributed by atoms with van der Waals surface area (Å²) in [5.41, 5.74) is 2.28. The second-order valence-corrected chi connectivity index (χ2v) is 5.20. The van der Waals surface area contributed by atoms with Crippen LogP contribution in [0.1, 0.15) is 11.1 Å². The standard InChI is InChI=1S/C16H15F3N2OS/c1-10-8-13(22-15(18)19)6-7-14(10)21-16(23)20-9-11-2-4-12(17)5-3-11/h2-8,15H,9H2,1H3,(H2,20,21,23). The molecule has 0 aromatic heterocycles. The van der Waals surface area contributed by atoms with E-state index in [1.807, 2.05) is 0 Å². The lowest BCUT2D eigenvalue weighted by atomic mass is 10.2. The zero-order valence-corrected chi connectivity index (χ0v) is 13.1. The van der Waals surface area contributed by atoms with Gasteiger partial charge in [0.25, 0.3) is 0 Å². The van der Waals surface area contributed by atoms with E-state index in [0.717, 1.165) is 5.56 Å². The minimum Gasteiger partial charge on any atom is -0.435 e. The van der Waals surface area contributed by atoms with Crippen LogP contribution >= 0.6 is 12.2 Å². The Bertz CT molecular complexity index is 678. The van der Waals surface area contributed by atoms with E-state index in [2.05, 4.69) is 15.4 Å². The number of rotatable bonds is 5. The Hall–Kier alpha value is -2.28. The van der Waals surface area contributed by atoms with E-state index in [0.29, 0.717) is 22.9 Å². The molecular weight excluding hydrogens is 325 g/mol.